The summed E-state index contributed by atoms with van der Waals surface area (Å²) in [6.07, 6.45) is 0. The van der Waals surface area contributed by atoms with E-state index < -0.39 is 5.72 Å². The highest BCUT2D eigenvalue weighted by molar-refractivity contribution is 6.31. The molecule has 0 bridgehead atoms. The third-order valence-corrected chi connectivity index (χ3v) is 5.58. The zero-order chi connectivity index (χ0) is 20.0. The SMILES string of the molecule is O=C1CN2C(c3ccc(Cl)cc3)=NO[C@]2(c2ccccc2)c2cc(Cl)ccc2N1. The van der Waals surface area contributed by atoms with Crippen molar-refractivity contribution < 1.29 is 9.63 Å². The number of rotatable bonds is 2. The number of amidine groups is 1. The Morgan fingerprint density at radius 1 is 0.966 bits per heavy atom. The van der Waals surface area contributed by atoms with Crippen LogP contribution in [0.5, 0.6) is 0 Å². The molecule has 144 valence electrons. The number of fused-ring (bicyclic) bond motifs is 3. The van der Waals surface area contributed by atoms with Crippen LogP contribution in [0.15, 0.2) is 78.0 Å². The number of anilines is 1. The number of nitrogens with one attached hydrogen (secondary N) is 1. The lowest BCUT2D eigenvalue weighted by Gasteiger charge is -2.36. The lowest BCUT2D eigenvalue weighted by Crippen LogP contribution is -2.48. The van der Waals surface area contributed by atoms with E-state index in [-0.39, 0.29) is 12.5 Å². The third-order valence-electron chi connectivity index (χ3n) is 5.09. The fourth-order valence-corrected chi connectivity index (χ4v) is 4.11. The first-order valence-corrected chi connectivity index (χ1v) is 9.79. The minimum absolute atomic E-state index is 0.0582. The second-order valence-electron chi connectivity index (χ2n) is 6.85. The molecule has 1 atom stereocenters. The molecule has 5 nitrogen and oxygen atoms in total. The highest BCUT2D eigenvalue weighted by Gasteiger charge is 2.53. The van der Waals surface area contributed by atoms with Crippen molar-refractivity contribution >= 4 is 40.6 Å². The lowest BCUT2D eigenvalue weighted by atomic mass is 9.91. The zero-order valence-corrected chi connectivity index (χ0v) is 16.6. The van der Waals surface area contributed by atoms with Gasteiger partial charge in [-0.05, 0) is 42.5 Å². The van der Waals surface area contributed by atoms with Crippen LogP contribution < -0.4 is 5.32 Å². The van der Waals surface area contributed by atoms with E-state index >= 15 is 0 Å². The van der Waals surface area contributed by atoms with E-state index in [1.807, 2.05) is 53.4 Å². The predicted octanol–water partition coefficient (Wildman–Crippen LogP) is 4.84. The van der Waals surface area contributed by atoms with E-state index in [2.05, 4.69) is 10.5 Å². The summed E-state index contributed by atoms with van der Waals surface area (Å²) in [5.41, 5.74) is 1.86. The number of carbonyl (C=O) groups excluding carboxylic acids is 1. The van der Waals surface area contributed by atoms with Crippen molar-refractivity contribution in [1.29, 1.82) is 0 Å². The van der Waals surface area contributed by atoms with Gasteiger partial charge < -0.3 is 10.2 Å². The van der Waals surface area contributed by atoms with Gasteiger partial charge in [-0.1, -0.05) is 58.7 Å². The number of carbonyl (C=O) groups is 1. The molecule has 0 radical (unpaired) electrons. The molecule has 7 heteroatoms. The molecule has 0 saturated heterocycles. The average molecular weight is 424 g/mol. The van der Waals surface area contributed by atoms with Crippen molar-refractivity contribution in [3.8, 4) is 0 Å². The summed E-state index contributed by atoms with van der Waals surface area (Å²) >= 11 is 12.4. The largest absolute Gasteiger partial charge is 0.355 e. The fourth-order valence-electron chi connectivity index (χ4n) is 3.81. The number of nitrogens with zero attached hydrogens (tertiary/aromatic N) is 2. The lowest BCUT2D eigenvalue weighted by molar-refractivity contribution is -0.121. The molecule has 0 spiro atoms. The Morgan fingerprint density at radius 2 is 1.69 bits per heavy atom. The van der Waals surface area contributed by atoms with Crippen molar-refractivity contribution in [2.75, 3.05) is 11.9 Å². The summed E-state index contributed by atoms with van der Waals surface area (Å²) in [5, 5.41) is 8.53. The molecule has 3 aromatic carbocycles. The van der Waals surface area contributed by atoms with Crippen molar-refractivity contribution in [3.05, 3.63) is 99.5 Å². The van der Waals surface area contributed by atoms with Gasteiger partial charge in [0.1, 0.15) is 6.54 Å². The maximum absolute atomic E-state index is 12.8. The van der Waals surface area contributed by atoms with Gasteiger partial charge in [0.15, 0.2) is 5.84 Å². The van der Waals surface area contributed by atoms with Crippen LogP contribution in [-0.2, 0) is 15.4 Å². The number of benzene rings is 3. The first kappa shape index (κ1) is 18.0. The number of amides is 1. The number of hydrogen-bond donors (Lipinski definition) is 1. The molecular formula is C22H15Cl2N3O2. The molecule has 0 aromatic heterocycles. The maximum Gasteiger partial charge on any atom is 0.265 e. The van der Waals surface area contributed by atoms with Crippen LogP contribution in [0.4, 0.5) is 5.69 Å². The fraction of sp³-hybridized carbons (Fsp3) is 0.0909. The smallest absolute Gasteiger partial charge is 0.265 e. The Labute approximate surface area is 177 Å². The minimum atomic E-state index is -1.13. The van der Waals surface area contributed by atoms with Crippen LogP contribution in [0.1, 0.15) is 16.7 Å². The second-order valence-corrected chi connectivity index (χ2v) is 7.72. The molecule has 1 N–H and O–H groups in total. The standard InChI is InChI=1S/C22H15Cl2N3O2/c23-16-8-6-14(7-9-16)21-26-29-22(15-4-2-1-3-5-15)18-12-17(24)10-11-19(18)25-20(28)13-27(21)22/h1-12H,13H2,(H,25,28)/t22-/m1/s1. The van der Waals surface area contributed by atoms with Gasteiger partial charge in [0, 0.05) is 26.7 Å². The molecule has 5 rings (SSSR count). The summed E-state index contributed by atoms with van der Waals surface area (Å²) in [4.78, 5) is 20.8. The average Bonchev–Trinajstić information content (AvgIpc) is 3.04. The van der Waals surface area contributed by atoms with Gasteiger partial charge >= 0.3 is 0 Å². The van der Waals surface area contributed by atoms with E-state index in [9.17, 15) is 4.79 Å². The molecule has 29 heavy (non-hydrogen) atoms. The third kappa shape index (κ3) is 2.85. The van der Waals surface area contributed by atoms with Gasteiger partial charge in [0.25, 0.3) is 5.72 Å². The summed E-state index contributed by atoms with van der Waals surface area (Å²) in [7, 11) is 0. The Morgan fingerprint density at radius 3 is 2.45 bits per heavy atom. The second kappa shape index (κ2) is 6.79. The highest BCUT2D eigenvalue weighted by Crippen LogP contribution is 2.47. The monoisotopic (exact) mass is 423 g/mol. The predicted molar refractivity (Wildman–Crippen MR) is 113 cm³/mol. The van der Waals surface area contributed by atoms with Crippen LogP contribution >= 0.6 is 23.2 Å². The Balaban J connectivity index is 1.76. The van der Waals surface area contributed by atoms with Gasteiger partial charge in [-0.25, -0.2) is 0 Å². The highest BCUT2D eigenvalue weighted by atomic mass is 35.5. The van der Waals surface area contributed by atoms with E-state index in [0.29, 0.717) is 21.6 Å². The van der Waals surface area contributed by atoms with Gasteiger partial charge in [0.2, 0.25) is 5.91 Å². The topological polar surface area (TPSA) is 53.9 Å². The summed E-state index contributed by atoms with van der Waals surface area (Å²) in [6, 6.07) is 22.3. The first-order valence-electron chi connectivity index (χ1n) is 9.03. The van der Waals surface area contributed by atoms with E-state index in [0.717, 1.165) is 16.7 Å². The quantitative estimate of drug-likeness (QED) is 0.641. The molecular weight excluding hydrogens is 409 g/mol. The number of halogens is 2. The van der Waals surface area contributed by atoms with Gasteiger partial charge in [0.05, 0.1) is 5.69 Å². The van der Waals surface area contributed by atoms with Crippen molar-refractivity contribution in [3.63, 3.8) is 0 Å². The molecule has 0 saturated carbocycles. The van der Waals surface area contributed by atoms with E-state index in [1.54, 1.807) is 24.3 Å². The minimum Gasteiger partial charge on any atom is -0.355 e. The molecule has 3 aromatic rings. The van der Waals surface area contributed by atoms with Crippen LogP contribution in [0, 0.1) is 0 Å². The Hall–Kier alpha value is -3.02. The van der Waals surface area contributed by atoms with Crippen LogP contribution in [0.25, 0.3) is 0 Å². The molecule has 2 aliphatic rings. The first-order chi connectivity index (χ1) is 14.1. The number of hydrogen-bond acceptors (Lipinski definition) is 4. The molecule has 0 fully saturated rings. The van der Waals surface area contributed by atoms with Crippen LogP contribution in [0.2, 0.25) is 10.0 Å². The van der Waals surface area contributed by atoms with E-state index in [4.69, 9.17) is 28.0 Å². The molecule has 2 aliphatic heterocycles. The summed E-state index contributed by atoms with van der Waals surface area (Å²) in [6.45, 7) is 0.0582. The van der Waals surface area contributed by atoms with Crippen molar-refractivity contribution in [1.82, 2.24) is 4.90 Å². The number of oxime groups is 1. The molecule has 0 aliphatic carbocycles. The summed E-state index contributed by atoms with van der Waals surface area (Å²) < 4.78 is 0. The zero-order valence-electron chi connectivity index (χ0n) is 15.1. The molecule has 2 heterocycles. The van der Waals surface area contributed by atoms with Crippen LogP contribution in [-0.4, -0.2) is 23.2 Å². The Bertz CT molecular complexity index is 1130. The molecule has 1 amide bonds. The summed E-state index contributed by atoms with van der Waals surface area (Å²) in [5.74, 6) is 0.382. The van der Waals surface area contributed by atoms with Gasteiger partial charge in [-0.2, -0.15) is 0 Å². The van der Waals surface area contributed by atoms with E-state index in [1.165, 1.54) is 0 Å². The normalized spacial score (nSPS) is 20.1. The molecule has 0 unspecified atom stereocenters. The van der Waals surface area contributed by atoms with Gasteiger partial charge in [-0.3, -0.25) is 9.69 Å². The van der Waals surface area contributed by atoms with Crippen LogP contribution in [0.3, 0.4) is 0 Å². The van der Waals surface area contributed by atoms with Crippen molar-refractivity contribution in [2.45, 2.75) is 5.72 Å². The Kier molecular flexibility index (Phi) is 4.23. The van der Waals surface area contributed by atoms with Gasteiger partial charge in [-0.15, -0.1) is 0 Å². The maximum atomic E-state index is 12.8. The van der Waals surface area contributed by atoms with Crippen molar-refractivity contribution in [2.24, 2.45) is 5.16 Å².